The minimum Gasteiger partial charge on any atom is -0.467 e. The molecule has 1 N–H and O–H groups in total. The molecular formula is C23H27N3O5. The van der Waals surface area contributed by atoms with Gasteiger partial charge >= 0.3 is 5.97 Å². The van der Waals surface area contributed by atoms with Gasteiger partial charge in [0.1, 0.15) is 11.5 Å². The lowest BCUT2D eigenvalue weighted by molar-refractivity contribution is -0.154. The molecular weight excluding hydrogens is 398 g/mol. The van der Waals surface area contributed by atoms with Crippen molar-refractivity contribution in [3.05, 3.63) is 64.5 Å². The third-order valence-electron chi connectivity index (χ3n) is 4.92. The summed E-state index contributed by atoms with van der Waals surface area (Å²) in [4.78, 5) is 41.7. The fraction of sp³-hybridized carbons (Fsp3) is 0.391. The number of benzene rings is 1. The molecule has 1 atom stereocenters. The smallest absolute Gasteiger partial charge is 0.306 e. The van der Waals surface area contributed by atoms with Crippen LogP contribution in [0.5, 0.6) is 0 Å². The lowest BCUT2D eigenvalue weighted by atomic mass is 10.2. The largest absolute Gasteiger partial charge is 0.467 e. The van der Waals surface area contributed by atoms with Crippen LogP contribution in [0.4, 0.5) is 0 Å². The van der Waals surface area contributed by atoms with E-state index in [9.17, 15) is 14.4 Å². The van der Waals surface area contributed by atoms with Crippen LogP contribution in [0.3, 0.4) is 0 Å². The number of furan rings is 1. The maximum absolute atomic E-state index is 12.9. The predicted molar refractivity (Wildman–Crippen MR) is 115 cm³/mol. The van der Waals surface area contributed by atoms with Gasteiger partial charge in [0, 0.05) is 13.0 Å². The van der Waals surface area contributed by atoms with Crippen LogP contribution in [0.25, 0.3) is 11.0 Å². The molecule has 0 spiro atoms. The number of ether oxygens (including phenoxy) is 1. The number of aromatic nitrogens is 2. The SMILES string of the molecule is CCCCn1c(=O)c(CCC(=O)O[C@@H](C)C(=O)NCc2ccco2)nc2ccccc21. The van der Waals surface area contributed by atoms with Gasteiger partial charge in [0.15, 0.2) is 6.10 Å². The van der Waals surface area contributed by atoms with E-state index in [-0.39, 0.29) is 24.9 Å². The highest BCUT2D eigenvalue weighted by molar-refractivity contribution is 5.83. The maximum Gasteiger partial charge on any atom is 0.306 e. The number of carbonyl (C=O) groups is 2. The average Bonchev–Trinajstić information content (AvgIpc) is 3.29. The first-order valence-corrected chi connectivity index (χ1v) is 10.5. The Morgan fingerprint density at radius 3 is 2.77 bits per heavy atom. The average molecular weight is 425 g/mol. The van der Waals surface area contributed by atoms with Crippen molar-refractivity contribution in [2.45, 2.75) is 58.7 Å². The molecule has 3 rings (SSSR count). The number of nitrogens with zero attached hydrogens (tertiary/aromatic N) is 2. The molecule has 2 aromatic heterocycles. The molecule has 0 saturated carbocycles. The van der Waals surface area contributed by atoms with E-state index in [1.165, 1.54) is 13.2 Å². The van der Waals surface area contributed by atoms with Crippen molar-refractivity contribution in [2.75, 3.05) is 0 Å². The fourth-order valence-electron chi connectivity index (χ4n) is 3.21. The van der Waals surface area contributed by atoms with Crippen LogP contribution in [0.2, 0.25) is 0 Å². The highest BCUT2D eigenvalue weighted by atomic mass is 16.5. The van der Waals surface area contributed by atoms with Gasteiger partial charge in [-0.2, -0.15) is 0 Å². The number of carbonyl (C=O) groups excluding carboxylic acids is 2. The monoisotopic (exact) mass is 425 g/mol. The maximum atomic E-state index is 12.9. The number of unbranched alkanes of at least 4 members (excludes halogenated alkanes) is 1. The van der Waals surface area contributed by atoms with Crippen LogP contribution in [0.15, 0.2) is 51.9 Å². The zero-order chi connectivity index (χ0) is 22.2. The Bertz CT molecular complexity index is 1090. The Morgan fingerprint density at radius 2 is 2.03 bits per heavy atom. The van der Waals surface area contributed by atoms with Crippen molar-refractivity contribution >= 4 is 22.9 Å². The second-order valence-corrected chi connectivity index (χ2v) is 7.29. The Balaban J connectivity index is 1.61. The number of hydrogen-bond donors (Lipinski definition) is 1. The van der Waals surface area contributed by atoms with Crippen molar-refractivity contribution in [3.8, 4) is 0 Å². The van der Waals surface area contributed by atoms with Gasteiger partial charge in [-0.15, -0.1) is 0 Å². The summed E-state index contributed by atoms with van der Waals surface area (Å²) in [5, 5.41) is 2.64. The minimum absolute atomic E-state index is 0.0375. The van der Waals surface area contributed by atoms with Crippen molar-refractivity contribution < 1.29 is 18.7 Å². The molecule has 0 unspecified atom stereocenters. The number of para-hydroxylation sites is 2. The topological polar surface area (TPSA) is 103 Å². The molecule has 164 valence electrons. The van der Waals surface area contributed by atoms with Crippen LogP contribution in [-0.2, 0) is 33.8 Å². The fourth-order valence-corrected chi connectivity index (χ4v) is 3.21. The van der Waals surface area contributed by atoms with Crippen molar-refractivity contribution in [3.63, 3.8) is 0 Å². The second kappa shape index (κ2) is 10.6. The Morgan fingerprint density at radius 1 is 1.23 bits per heavy atom. The summed E-state index contributed by atoms with van der Waals surface area (Å²) in [6.45, 7) is 4.38. The number of hydrogen-bond acceptors (Lipinski definition) is 6. The number of fused-ring (bicyclic) bond motifs is 1. The van der Waals surface area contributed by atoms with Gasteiger partial charge in [0.2, 0.25) is 0 Å². The zero-order valence-electron chi connectivity index (χ0n) is 17.8. The Kier molecular flexibility index (Phi) is 7.59. The predicted octanol–water partition coefficient (Wildman–Crippen LogP) is 2.97. The summed E-state index contributed by atoms with van der Waals surface area (Å²) in [5.74, 6) is -0.376. The van der Waals surface area contributed by atoms with Crippen LogP contribution >= 0.6 is 0 Å². The van der Waals surface area contributed by atoms with E-state index >= 15 is 0 Å². The standard InChI is InChI=1S/C23H27N3O5/c1-3-4-13-26-20-10-6-5-9-18(20)25-19(23(26)29)11-12-21(27)31-16(2)22(28)24-15-17-8-7-14-30-17/h5-10,14,16H,3-4,11-13,15H2,1-2H3,(H,24,28)/t16-/m0/s1. The van der Waals surface area contributed by atoms with Gasteiger partial charge in [-0.05, 0) is 37.6 Å². The van der Waals surface area contributed by atoms with Crippen molar-refractivity contribution in [2.24, 2.45) is 0 Å². The summed E-state index contributed by atoms with van der Waals surface area (Å²) in [6, 6.07) is 10.9. The van der Waals surface area contributed by atoms with E-state index in [1.807, 2.05) is 24.3 Å². The molecule has 0 bridgehead atoms. The molecule has 0 aliphatic heterocycles. The molecule has 8 nitrogen and oxygen atoms in total. The number of esters is 1. The van der Waals surface area contributed by atoms with E-state index in [4.69, 9.17) is 9.15 Å². The van der Waals surface area contributed by atoms with Gasteiger partial charge < -0.3 is 19.0 Å². The molecule has 31 heavy (non-hydrogen) atoms. The zero-order valence-corrected chi connectivity index (χ0v) is 17.8. The molecule has 0 aliphatic rings. The van der Waals surface area contributed by atoms with Crippen LogP contribution in [0, 0.1) is 0 Å². The number of amides is 1. The normalized spacial score (nSPS) is 11.9. The lowest BCUT2D eigenvalue weighted by Crippen LogP contribution is -2.35. The molecule has 0 saturated heterocycles. The third kappa shape index (κ3) is 5.81. The van der Waals surface area contributed by atoms with E-state index in [0.717, 1.165) is 18.4 Å². The second-order valence-electron chi connectivity index (χ2n) is 7.29. The van der Waals surface area contributed by atoms with Gasteiger partial charge in [-0.3, -0.25) is 14.4 Å². The van der Waals surface area contributed by atoms with Crippen LogP contribution in [-0.4, -0.2) is 27.5 Å². The first-order chi connectivity index (χ1) is 15.0. The molecule has 1 amide bonds. The Labute approximate surface area is 180 Å². The van der Waals surface area contributed by atoms with Gasteiger partial charge in [-0.25, -0.2) is 4.98 Å². The first kappa shape index (κ1) is 22.3. The van der Waals surface area contributed by atoms with Gasteiger partial charge in [-0.1, -0.05) is 25.5 Å². The van der Waals surface area contributed by atoms with Gasteiger partial charge in [0.05, 0.1) is 30.3 Å². The van der Waals surface area contributed by atoms with Crippen molar-refractivity contribution in [1.29, 1.82) is 0 Å². The number of aryl methyl sites for hydroxylation is 2. The summed E-state index contributed by atoms with van der Waals surface area (Å²) in [6.07, 6.45) is 2.51. The molecule has 2 heterocycles. The molecule has 1 aromatic carbocycles. The molecule has 8 heteroatoms. The number of nitrogens with one attached hydrogen (secondary N) is 1. The Hall–Kier alpha value is -3.42. The third-order valence-corrected chi connectivity index (χ3v) is 4.92. The first-order valence-electron chi connectivity index (χ1n) is 10.5. The molecule has 0 aliphatic carbocycles. The number of rotatable bonds is 10. The highest BCUT2D eigenvalue weighted by Gasteiger charge is 2.19. The molecule has 0 fully saturated rings. The lowest BCUT2D eigenvalue weighted by Gasteiger charge is -2.14. The summed E-state index contributed by atoms with van der Waals surface area (Å²) in [7, 11) is 0. The van der Waals surface area contributed by atoms with E-state index in [0.29, 0.717) is 23.5 Å². The molecule has 0 radical (unpaired) electrons. The quantitative estimate of drug-likeness (QED) is 0.501. The summed E-state index contributed by atoms with van der Waals surface area (Å²) in [5.41, 5.74) is 1.63. The summed E-state index contributed by atoms with van der Waals surface area (Å²) < 4.78 is 12.1. The van der Waals surface area contributed by atoms with Crippen LogP contribution < -0.4 is 10.9 Å². The van der Waals surface area contributed by atoms with Crippen LogP contribution in [0.1, 0.15) is 44.6 Å². The highest BCUT2D eigenvalue weighted by Crippen LogP contribution is 2.12. The van der Waals surface area contributed by atoms with E-state index in [2.05, 4.69) is 17.2 Å². The van der Waals surface area contributed by atoms with E-state index in [1.54, 1.807) is 16.7 Å². The van der Waals surface area contributed by atoms with E-state index < -0.39 is 18.0 Å². The minimum atomic E-state index is -0.951. The van der Waals surface area contributed by atoms with Gasteiger partial charge in [0.25, 0.3) is 11.5 Å². The van der Waals surface area contributed by atoms with Crippen molar-refractivity contribution in [1.82, 2.24) is 14.9 Å². The molecule has 3 aromatic rings. The summed E-state index contributed by atoms with van der Waals surface area (Å²) >= 11 is 0.